The Morgan fingerprint density at radius 1 is 1.09 bits per heavy atom. The number of nitriles is 1. The molecule has 0 aliphatic rings. The average Bonchev–Trinajstić information content (AvgIpc) is 2.49. The molecule has 0 unspecified atom stereocenters. The van der Waals surface area contributed by atoms with Crippen LogP contribution in [-0.2, 0) is 9.84 Å². The van der Waals surface area contributed by atoms with Crippen molar-refractivity contribution in [1.82, 2.24) is 0 Å². The Kier molecular flexibility index (Phi) is 4.91. The molecule has 0 aliphatic carbocycles. The fourth-order valence-electron chi connectivity index (χ4n) is 1.79. The molecule has 0 saturated heterocycles. The Morgan fingerprint density at radius 3 is 2.23 bits per heavy atom. The van der Waals surface area contributed by atoms with Gasteiger partial charge >= 0.3 is 0 Å². The van der Waals surface area contributed by atoms with E-state index in [1.807, 2.05) is 13.0 Å². The zero-order chi connectivity index (χ0) is 16.2. The summed E-state index contributed by atoms with van der Waals surface area (Å²) in [6.07, 6.45) is 0. The number of anilines is 1. The van der Waals surface area contributed by atoms with E-state index in [2.05, 4.69) is 17.9 Å². The number of thiol groups is 1. The van der Waals surface area contributed by atoms with Crippen LogP contribution in [0.25, 0.3) is 0 Å². The Morgan fingerprint density at radius 2 is 1.68 bits per heavy atom. The summed E-state index contributed by atoms with van der Waals surface area (Å²) in [5, 5.41) is 12.1. The second kappa shape index (κ2) is 6.69. The number of hydrogen-bond donors (Lipinski definition) is 2. The lowest BCUT2D eigenvalue weighted by Gasteiger charge is -2.09. The summed E-state index contributed by atoms with van der Waals surface area (Å²) in [4.78, 5) is -0.348. The van der Waals surface area contributed by atoms with Crippen LogP contribution in [0, 0.1) is 18.3 Å². The van der Waals surface area contributed by atoms with Crippen molar-refractivity contribution in [3.05, 3.63) is 70.1 Å². The molecule has 2 aromatic carbocycles. The number of nitrogens with one attached hydrogen (secondary N) is 1. The first-order valence-electron chi connectivity index (χ1n) is 6.42. The lowest BCUT2D eigenvalue weighted by atomic mass is 10.2. The van der Waals surface area contributed by atoms with Gasteiger partial charge in [-0.05, 0) is 31.2 Å². The number of rotatable bonds is 4. The van der Waals surface area contributed by atoms with Gasteiger partial charge in [0, 0.05) is 5.69 Å². The zero-order valence-electron chi connectivity index (χ0n) is 11.8. The summed E-state index contributed by atoms with van der Waals surface area (Å²) in [6, 6.07) is 17.0. The highest BCUT2D eigenvalue weighted by molar-refractivity contribution is 7.96. The highest BCUT2D eigenvalue weighted by atomic mass is 32.2. The molecule has 0 saturated carbocycles. The summed E-state index contributed by atoms with van der Waals surface area (Å²) in [5.74, 6) is 0. The van der Waals surface area contributed by atoms with Gasteiger partial charge in [0.25, 0.3) is 0 Å². The van der Waals surface area contributed by atoms with E-state index in [9.17, 15) is 13.7 Å². The van der Waals surface area contributed by atoms with Crippen LogP contribution in [0.15, 0.2) is 69.4 Å². The molecular formula is C16H14N2O2S2. The molecule has 2 rings (SSSR count). The van der Waals surface area contributed by atoms with Crippen LogP contribution < -0.4 is 5.32 Å². The van der Waals surface area contributed by atoms with Gasteiger partial charge in [-0.25, -0.2) is 8.42 Å². The van der Waals surface area contributed by atoms with Crippen molar-refractivity contribution < 1.29 is 8.42 Å². The van der Waals surface area contributed by atoms with Gasteiger partial charge in [0.05, 0.1) is 9.92 Å². The molecule has 0 fully saturated rings. The van der Waals surface area contributed by atoms with Crippen molar-refractivity contribution >= 4 is 28.2 Å². The van der Waals surface area contributed by atoms with E-state index in [1.165, 1.54) is 12.1 Å². The third-order valence-electron chi connectivity index (χ3n) is 2.95. The lowest BCUT2D eigenvalue weighted by Crippen LogP contribution is -2.08. The van der Waals surface area contributed by atoms with E-state index in [4.69, 9.17) is 0 Å². The highest BCUT2D eigenvalue weighted by Crippen LogP contribution is 2.24. The molecule has 0 amide bonds. The van der Waals surface area contributed by atoms with Crippen molar-refractivity contribution in [3.63, 3.8) is 0 Å². The van der Waals surface area contributed by atoms with Crippen LogP contribution in [0.4, 0.5) is 5.69 Å². The first-order chi connectivity index (χ1) is 10.4. The number of para-hydroxylation sites is 1. The quantitative estimate of drug-likeness (QED) is 0.665. The summed E-state index contributed by atoms with van der Waals surface area (Å²) in [5.41, 5.74) is 1.59. The molecule has 2 aromatic rings. The van der Waals surface area contributed by atoms with Gasteiger partial charge in [-0.1, -0.05) is 35.9 Å². The Bertz CT molecular complexity index is 834. The molecule has 1 N–H and O–H groups in total. The maximum absolute atomic E-state index is 12.5. The number of benzene rings is 2. The average molecular weight is 330 g/mol. The van der Waals surface area contributed by atoms with Crippen molar-refractivity contribution in [2.24, 2.45) is 0 Å². The maximum Gasteiger partial charge on any atom is 0.219 e. The first kappa shape index (κ1) is 16.1. The molecule has 0 radical (unpaired) electrons. The number of aryl methyl sites for hydroxylation is 1. The lowest BCUT2D eigenvalue weighted by molar-refractivity contribution is 0.603. The Balaban J connectivity index is 2.44. The SMILES string of the molecule is Cc1ccc(S(=O)(=O)C(C#N)=C(S)Nc2ccccc2)cc1. The zero-order valence-corrected chi connectivity index (χ0v) is 13.5. The third-order valence-corrected chi connectivity index (χ3v) is 5.17. The van der Waals surface area contributed by atoms with Crippen LogP contribution in [0.3, 0.4) is 0 Å². The van der Waals surface area contributed by atoms with Crippen LogP contribution >= 0.6 is 12.6 Å². The summed E-state index contributed by atoms with van der Waals surface area (Å²) in [7, 11) is -3.91. The van der Waals surface area contributed by atoms with Gasteiger partial charge in [-0.2, -0.15) is 5.26 Å². The predicted molar refractivity (Wildman–Crippen MR) is 90.1 cm³/mol. The van der Waals surface area contributed by atoms with Crippen molar-refractivity contribution in [3.8, 4) is 6.07 Å². The van der Waals surface area contributed by atoms with E-state index in [-0.39, 0.29) is 9.92 Å². The summed E-state index contributed by atoms with van der Waals surface area (Å²) in [6.45, 7) is 1.86. The molecule has 0 aliphatic heterocycles. The molecular weight excluding hydrogens is 316 g/mol. The Hall–Kier alpha value is -2.23. The van der Waals surface area contributed by atoms with Gasteiger partial charge < -0.3 is 5.32 Å². The molecule has 0 aromatic heterocycles. The molecule has 22 heavy (non-hydrogen) atoms. The van der Waals surface area contributed by atoms with Gasteiger partial charge in [0.2, 0.25) is 9.84 Å². The standard InChI is InChI=1S/C16H14N2O2S2/c1-12-7-9-14(10-8-12)22(19,20)15(11-17)16(21)18-13-5-3-2-4-6-13/h2-10,18,21H,1H3. The fourth-order valence-corrected chi connectivity index (χ4v) is 3.49. The fraction of sp³-hybridized carbons (Fsp3) is 0.0625. The van der Waals surface area contributed by atoms with Crippen LogP contribution in [0.5, 0.6) is 0 Å². The van der Waals surface area contributed by atoms with Gasteiger partial charge in [-0.3, -0.25) is 0 Å². The number of hydrogen-bond acceptors (Lipinski definition) is 5. The monoisotopic (exact) mass is 330 g/mol. The van der Waals surface area contributed by atoms with E-state index < -0.39 is 14.7 Å². The number of nitrogens with zero attached hydrogens (tertiary/aromatic N) is 1. The second-order valence-electron chi connectivity index (χ2n) is 4.60. The Labute approximate surface area is 135 Å². The highest BCUT2D eigenvalue weighted by Gasteiger charge is 2.23. The minimum atomic E-state index is -3.91. The minimum absolute atomic E-state index is 0.00530. The van der Waals surface area contributed by atoms with Crippen LogP contribution in [0.1, 0.15) is 5.56 Å². The molecule has 4 nitrogen and oxygen atoms in total. The largest absolute Gasteiger partial charge is 0.349 e. The van der Waals surface area contributed by atoms with Gasteiger partial charge in [-0.15, -0.1) is 12.6 Å². The molecule has 112 valence electrons. The number of allylic oxidation sites excluding steroid dienone is 1. The molecule has 0 heterocycles. The molecule has 0 spiro atoms. The van der Waals surface area contributed by atoms with Gasteiger partial charge in [0.15, 0.2) is 4.91 Å². The maximum atomic E-state index is 12.5. The third kappa shape index (κ3) is 3.50. The van der Waals surface area contributed by atoms with E-state index in [0.717, 1.165) is 5.56 Å². The van der Waals surface area contributed by atoms with Crippen LogP contribution in [0.2, 0.25) is 0 Å². The van der Waals surface area contributed by atoms with E-state index in [1.54, 1.807) is 42.5 Å². The van der Waals surface area contributed by atoms with Crippen molar-refractivity contribution in [2.75, 3.05) is 5.32 Å². The molecule has 0 atom stereocenters. The molecule has 6 heteroatoms. The van der Waals surface area contributed by atoms with E-state index >= 15 is 0 Å². The molecule has 0 bridgehead atoms. The number of sulfone groups is 1. The van der Waals surface area contributed by atoms with Crippen molar-refractivity contribution in [1.29, 1.82) is 5.26 Å². The second-order valence-corrected chi connectivity index (χ2v) is 6.93. The normalized spacial score (nSPS) is 12.2. The topological polar surface area (TPSA) is 70.0 Å². The van der Waals surface area contributed by atoms with Crippen LogP contribution in [-0.4, -0.2) is 8.42 Å². The van der Waals surface area contributed by atoms with Gasteiger partial charge in [0.1, 0.15) is 6.07 Å². The first-order valence-corrected chi connectivity index (χ1v) is 8.35. The summed E-state index contributed by atoms with van der Waals surface area (Å²) >= 11 is 4.15. The smallest absolute Gasteiger partial charge is 0.219 e. The summed E-state index contributed by atoms with van der Waals surface area (Å²) < 4.78 is 25.1. The minimum Gasteiger partial charge on any atom is -0.349 e. The van der Waals surface area contributed by atoms with E-state index in [0.29, 0.717) is 5.69 Å². The predicted octanol–water partition coefficient (Wildman–Crippen LogP) is 3.50. The van der Waals surface area contributed by atoms with Crippen molar-refractivity contribution in [2.45, 2.75) is 11.8 Å².